The number of halogens is 1. The largest absolute Gasteiger partial charge is 0.422 e. The number of thiazole rings is 1. The van der Waals surface area contributed by atoms with Gasteiger partial charge in [0.2, 0.25) is 0 Å². The van der Waals surface area contributed by atoms with Crippen molar-refractivity contribution in [2.75, 3.05) is 44.3 Å². The van der Waals surface area contributed by atoms with E-state index in [2.05, 4.69) is 11.0 Å². The van der Waals surface area contributed by atoms with E-state index in [0.29, 0.717) is 17.3 Å². The zero-order chi connectivity index (χ0) is 25.4. The molecule has 0 radical (unpaired) electrons. The molecular formula is C29H28ClN3O4S. The summed E-state index contributed by atoms with van der Waals surface area (Å²) >= 11 is 1.47. The lowest BCUT2D eigenvalue weighted by atomic mass is 10.0. The predicted molar refractivity (Wildman–Crippen MR) is 155 cm³/mol. The van der Waals surface area contributed by atoms with E-state index in [9.17, 15) is 9.59 Å². The van der Waals surface area contributed by atoms with Crippen LogP contribution in [0.25, 0.3) is 32.0 Å². The molecule has 1 fully saturated rings. The summed E-state index contributed by atoms with van der Waals surface area (Å²) < 4.78 is 12.1. The van der Waals surface area contributed by atoms with Crippen molar-refractivity contribution < 1.29 is 13.9 Å². The number of rotatable bonds is 6. The Morgan fingerprint density at radius 1 is 1.05 bits per heavy atom. The lowest BCUT2D eigenvalue weighted by Crippen LogP contribution is -2.40. The van der Waals surface area contributed by atoms with E-state index in [4.69, 9.17) is 14.1 Å². The van der Waals surface area contributed by atoms with Gasteiger partial charge in [-0.25, -0.2) is 9.78 Å². The smallest absolute Gasteiger partial charge is 0.349 e. The fraction of sp³-hybridized carbons (Fsp3) is 0.276. The summed E-state index contributed by atoms with van der Waals surface area (Å²) in [4.78, 5) is 35.7. The number of morpholine rings is 1. The van der Waals surface area contributed by atoms with E-state index in [1.807, 2.05) is 49.4 Å². The monoisotopic (exact) mass is 549 g/mol. The van der Waals surface area contributed by atoms with Gasteiger partial charge in [0, 0.05) is 31.6 Å². The highest BCUT2D eigenvalue weighted by atomic mass is 35.5. The van der Waals surface area contributed by atoms with Crippen molar-refractivity contribution in [2.24, 2.45) is 0 Å². The van der Waals surface area contributed by atoms with Gasteiger partial charge in [0.05, 0.1) is 23.4 Å². The average Bonchev–Trinajstić information content (AvgIpc) is 3.33. The molecule has 0 bridgehead atoms. The van der Waals surface area contributed by atoms with E-state index in [-0.39, 0.29) is 23.9 Å². The quantitative estimate of drug-likeness (QED) is 0.201. The van der Waals surface area contributed by atoms with Gasteiger partial charge in [0.1, 0.15) is 11.1 Å². The van der Waals surface area contributed by atoms with E-state index in [1.54, 1.807) is 17.0 Å². The minimum Gasteiger partial charge on any atom is -0.422 e. The highest BCUT2D eigenvalue weighted by molar-refractivity contribution is 7.22. The molecule has 3 aromatic carbocycles. The molecule has 7 nitrogen and oxygen atoms in total. The lowest BCUT2D eigenvalue weighted by molar-refractivity contribution is 0.0376. The van der Waals surface area contributed by atoms with Crippen LogP contribution in [0.15, 0.2) is 69.9 Å². The first-order valence-corrected chi connectivity index (χ1v) is 13.3. The van der Waals surface area contributed by atoms with Gasteiger partial charge in [0.25, 0.3) is 5.91 Å². The number of fused-ring (bicyclic) bond motifs is 4. The average molecular weight is 550 g/mol. The number of anilines is 1. The first-order valence-electron chi connectivity index (χ1n) is 12.5. The fourth-order valence-electron chi connectivity index (χ4n) is 4.86. The molecule has 1 saturated heterocycles. The molecule has 0 aliphatic carbocycles. The fourth-order valence-corrected chi connectivity index (χ4v) is 5.95. The Morgan fingerprint density at radius 3 is 2.71 bits per heavy atom. The molecule has 9 heteroatoms. The number of benzene rings is 3. The Hall–Kier alpha value is -3.30. The van der Waals surface area contributed by atoms with Crippen LogP contribution in [0.2, 0.25) is 0 Å². The van der Waals surface area contributed by atoms with Crippen molar-refractivity contribution in [3.63, 3.8) is 0 Å². The van der Waals surface area contributed by atoms with Gasteiger partial charge in [-0.2, -0.15) is 0 Å². The third-order valence-corrected chi connectivity index (χ3v) is 7.88. The Morgan fingerprint density at radius 2 is 1.87 bits per heavy atom. The van der Waals surface area contributed by atoms with Crippen molar-refractivity contribution in [3.05, 3.63) is 82.2 Å². The molecule has 1 aliphatic rings. The summed E-state index contributed by atoms with van der Waals surface area (Å²) in [7, 11) is 0. The summed E-state index contributed by atoms with van der Waals surface area (Å²) in [5.41, 5.74) is 1.83. The molecule has 6 rings (SSSR count). The predicted octanol–water partition coefficient (Wildman–Crippen LogP) is 5.66. The number of hydrogen-bond donors (Lipinski definition) is 0. The number of amides is 1. The van der Waals surface area contributed by atoms with Gasteiger partial charge < -0.3 is 9.15 Å². The van der Waals surface area contributed by atoms with Crippen molar-refractivity contribution in [2.45, 2.75) is 13.3 Å². The number of nitrogens with zero attached hydrogens (tertiary/aromatic N) is 3. The molecule has 0 saturated carbocycles. The van der Waals surface area contributed by atoms with Crippen LogP contribution in [-0.2, 0) is 4.74 Å². The molecule has 1 amide bonds. The van der Waals surface area contributed by atoms with E-state index in [1.165, 1.54) is 11.3 Å². The standard InChI is InChI=1S/C29H27N3O4S.ClH/c1-19-7-9-24-26(17-19)37-29(30-24)32(12-4-11-31-13-15-35-16-14-31)27(33)23-18-22-21-6-3-2-5-20(21)8-10-25(22)36-28(23)34;/h2-3,5-10,17-18H,4,11-16H2,1H3;1H. The molecule has 38 heavy (non-hydrogen) atoms. The summed E-state index contributed by atoms with van der Waals surface area (Å²) in [5.74, 6) is -0.388. The zero-order valence-corrected chi connectivity index (χ0v) is 22.6. The molecule has 1 aliphatic heterocycles. The van der Waals surface area contributed by atoms with Crippen LogP contribution in [0.5, 0.6) is 0 Å². The number of carbonyl (C=O) groups excluding carboxylic acids is 1. The summed E-state index contributed by atoms with van der Waals surface area (Å²) in [6.07, 6.45) is 0.753. The van der Waals surface area contributed by atoms with Gasteiger partial charge in [-0.05, 0) is 53.9 Å². The maximum absolute atomic E-state index is 14.0. The van der Waals surface area contributed by atoms with Gasteiger partial charge in [0.15, 0.2) is 5.13 Å². The van der Waals surface area contributed by atoms with Crippen molar-refractivity contribution >= 4 is 66.7 Å². The van der Waals surface area contributed by atoms with Crippen LogP contribution in [0.4, 0.5) is 5.13 Å². The highest BCUT2D eigenvalue weighted by Crippen LogP contribution is 2.31. The highest BCUT2D eigenvalue weighted by Gasteiger charge is 2.25. The number of aromatic nitrogens is 1. The Bertz CT molecular complexity index is 1680. The second kappa shape index (κ2) is 11.2. The van der Waals surface area contributed by atoms with Crippen molar-refractivity contribution in [1.82, 2.24) is 9.88 Å². The van der Waals surface area contributed by atoms with E-state index >= 15 is 0 Å². The SMILES string of the molecule is Cc1ccc2nc(N(CCCN3CCOCC3)C(=O)c3cc4c(ccc5ccccc54)oc3=O)sc2c1.Cl. The first kappa shape index (κ1) is 26.3. The number of hydrogen-bond acceptors (Lipinski definition) is 7. The second-order valence-corrected chi connectivity index (χ2v) is 10.4. The van der Waals surface area contributed by atoms with Crippen LogP contribution in [0.1, 0.15) is 22.3 Å². The molecule has 0 N–H and O–H groups in total. The van der Waals surface area contributed by atoms with E-state index in [0.717, 1.165) is 71.2 Å². The molecule has 5 aromatic rings. The topological polar surface area (TPSA) is 75.9 Å². The van der Waals surface area contributed by atoms with Crippen LogP contribution < -0.4 is 10.5 Å². The van der Waals surface area contributed by atoms with Gasteiger partial charge in [-0.3, -0.25) is 14.6 Å². The summed E-state index contributed by atoms with van der Waals surface area (Å²) in [6.45, 7) is 6.55. The summed E-state index contributed by atoms with van der Waals surface area (Å²) in [6, 6.07) is 19.3. The van der Waals surface area contributed by atoms with Gasteiger partial charge in [-0.1, -0.05) is 47.7 Å². The first-order chi connectivity index (χ1) is 18.1. The molecule has 196 valence electrons. The number of ether oxygens (including phenoxy) is 1. The minimum atomic E-state index is -0.636. The van der Waals surface area contributed by atoms with Crippen LogP contribution in [-0.4, -0.2) is 55.2 Å². The molecule has 3 heterocycles. The molecule has 0 spiro atoms. The van der Waals surface area contributed by atoms with E-state index < -0.39 is 5.63 Å². The molecule has 0 atom stereocenters. The third kappa shape index (κ3) is 5.17. The maximum Gasteiger partial charge on any atom is 0.349 e. The normalized spacial score (nSPS) is 14.1. The van der Waals surface area contributed by atoms with Crippen molar-refractivity contribution in [3.8, 4) is 0 Å². The van der Waals surface area contributed by atoms with Crippen LogP contribution in [0, 0.1) is 6.92 Å². The summed E-state index contributed by atoms with van der Waals surface area (Å²) in [5, 5.41) is 3.29. The Kier molecular flexibility index (Phi) is 7.76. The van der Waals surface area contributed by atoms with Crippen LogP contribution in [0.3, 0.4) is 0 Å². The third-order valence-electron chi connectivity index (χ3n) is 6.84. The van der Waals surface area contributed by atoms with Crippen LogP contribution >= 0.6 is 23.7 Å². The maximum atomic E-state index is 14.0. The van der Waals surface area contributed by atoms with Gasteiger partial charge >= 0.3 is 5.63 Å². The molecule has 2 aromatic heterocycles. The second-order valence-electron chi connectivity index (χ2n) is 9.38. The lowest BCUT2D eigenvalue weighted by Gasteiger charge is -2.27. The minimum absolute atomic E-state index is 0. The Balaban J connectivity index is 0.00000294. The zero-order valence-electron chi connectivity index (χ0n) is 21.0. The Labute approximate surface area is 230 Å². The molecular weight excluding hydrogens is 522 g/mol. The van der Waals surface area contributed by atoms with Crippen molar-refractivity contribution in [1.29, 1.82) is 0 Å². The number of aryl methyl sites for hydroxylation is 1. The van der Waals surface area contributed by atoms with Gasteiger partial charge in [-0.15, -0.1) is 12.4 Å². The molecule has 0 unspecified atom stereocenters. The number of carbonyl (C=O) groups is 1.